The molecule has 0 heterocycles. The molecule has 2 aromatic rings. The van der Waals surface area contributed by atoms with E-state index >= 15 is 0 Å². The Morgan fingerprint density at radius 3 is 2.40 bits per heavy atom. The van der Waals surface area contributed by atoms with Crippen molar-refractivity contribution in [2.24, 2.45) is 5.84 Å². The van der Waals surface area contributed by atoms with Gasteiger partial charge in [-0.25, -0.2) is 5.84 Å². The predicted molar refractivity (Wildman–Crippen MR) is 74.8 cm³/mol. The van der Waals surface area contributed by atoms with Crippen LogP contribution in [0, 0.1) is 0 Å². The average Bonchev–Trinajstić information content (AvgIpc) is 2.47. The van der Waals surface area contributed by atoms with E-state index in [4.69, 9.17) is 10.6 Å². The molecule has 0 saturated heterocycles. The number of hydrogen-bond donors (Lipinski definition) is 2. The minimum atomic E-state index is -0.418. The minimum absolute atomic E-state index is 0.391. The van der Waals surface area contributed by atoms with Gasteiger partial charge in [0.1, 0.15) is 5.75 Å². The SMILES string of the molecule is CC(=O)Oc1ccc(C(=O)NN)cc1-c1ccccc1. The third-order valence-corrected chi connectivity index (χ3v) is 2.71. The number of nitrogen functional groups attached to an aromatic ring is 1. The lowest BCUT2D eigenvalue weighted by atomic mass is 10.0. The molecule has 0 bridgehead atoms. The maximum absolute atomic E-state index is 11.6. The second-order valence-electron chi connectivity index (χ2n) is 4.14. The van der Waals surface area contributed by atoms with Crippen molar-refractivity contribution in [1.82, 2.24) is 5.43 Å². The van der Waals surface area contributed by atoms with E-state index < -0.39 is 11.9 Å². The summed E-state index contributed by atoms with van der Waals surface area (Å²) in [6.45, 7) is 1.33. The number of amides is 1. The highest BCUT2D eigenvalue weighted by atomic mass is 16.5. The van der Waals surface area contributed by atoms with Crippen LogP contribution in [0.25, 0.3) is 11.1 Å². The van der Waals surface area contributed by atoms with Crippen molar-refractivity contribution in [1.29, 1.82) is 0 Å². The summed E-state index contributed by atoms with van der Waals surface area (Å²) in [6.07, 6.45) is 0. The van der Waals surface area contributed by atoms with Crippen LogP contribution in [-0.4, -0.2) is 11.9 Å². The summed E-state index contributed by atoms with van der Waals surface area (Å²) in [4.78, 5) is 22.7. The molecule has 0 spiro atoms. The minimum Gasteiger partial charge on any atom is -0.426 e. The summed E-state index contributed by atoms with van der Waals surface area (Å²) in [5.74, 6) is 4.70. The normalized spacial score (nSPS) is 9.90. The van der Waals surface area contributed by atoms with Crippen molar-refractivity contribution in [2.75, 3.05) is 0 Å². The molecule has 102 valence electrons. The fraction of sp³-hybridized carbons (Fsp3) is 0.0667. The number of hydrazine groups is 1. The van der Waals surface area contributed by atoms with E-state index in [1.165, 1.54) is 6.92 Å². The van der Waals surface area contributed by atoms with Gasteiger partial charge in [-0.15, -0.1) is 0 Å². The third-order valence-electron chi connectivity index (χ3n) is 2.71. The molecule has 0 aliphatic carbocycles. The summed E-state index contributed by atoms with van der Waals surface area (Å²) in [5.41, 5.74) is 3.96. The summed E-state index contributed by atoms with van der Waals surface area (Å²) in [6, 6.07) is 14.1. The van der Waals surface area contributed by atoms with Gasteiger partial charge in [0, 0.05) is 18.1 Å². The standard InChI is InChI=1S/C15H14N2O3/c1-10(18)20-14-8-7-12(15(19)17-16)9-13(14)11-5-3-2-4-6-11/h2-9H,16H2,1H3,(H,17,19). The monoisotopic (exact) mass is 270 g/mol. The largest absolute Gasteiger partial charge is 0.426 e. The molecular formula is C15H14N2O3. The topological polar surface area (TPSA) is 81.4 Å². The van der Waals surface area contributed by atoms with Gasteiger partial charge in [0.25, 0.3) is 5.91 Å². The molecule has 0 aliphatic rings. The van der Waals surface area contributed by atoms with Gasteiger partial charge in [-0.1, -0.05) is 30.3 Å². The van der Waals surface area contributed by atoms with Crippen molar-refractivity contribution in [3.63, 3.8) is 0 Å². The molecule has 20 heavy (non-hydrogen) atoms. The van der Waals surface area contributed by atoms with E-state index in [2.05, 4.69) is 5.43 Å². The molecule has 3 N–H and O–H groups in total. The van der Waals surface area contributed by atoms with Crippen molar-refractivity contribution in [3.8, 4) is 16.9 Å². The summed E-state index contributed by atoms with van der Waals surface area (Å²) >= 11 is 0. The lowest BCUT2D eigenvalue weighted by Gasteiger charge is -2.11. The smallest absolute Gasteiger partial charge is 0.308 e. The van der Waals surface area contributed by atoms with E-state index in [1.807, 2.05) is 30.3 Å². The zero-order chi connectivity index (χ0) is 14.5. The molecule has 2 rings (SSSR count). The third kappa shape index (κ3) is 3.02. The first kappa shape index (κ1) is 13.8. The van der Waals surface area contributed by atoms with Gasteiger partial charge in [0.2, 0.25) is 0 Å². The Bertz CT molecular complexity index is 639. The molecule has 0 atom stereocenters. The fourth-order valence-electron chi connectivity index (χ4n) is 1.84. The quantitative estimate of drug-likeness (QED) is 0.293. The van der Waals surface area contributed by atoms with E-state index in [-0.39, 0.29) is 0 Å². The number of nitrogens with one attached hydrogen (secondary N) is 1. The number of carbonyl (C=O) groups excluding carboxylic acids is 2. The Balaban J connectivity index is 2.54. The Morgan fingerprint density at radius 2 is 1.80 bits per heavy atom. The highest BCUT2D eigenvalue weighted by molar-refractivity contribution is 5.96. The number of hydrogen-bond acceptors (Lipinski definition) is 4. The molecule has 0 saturated carbocycles. The number of benzene rings is 2. The van der Waals surface area contributed by atoms with Crippen LogP contribution in [-0.2, 0) is 4.79 Å². The van der Waals surface area contributed by atoms with Crippen molar-refractivity contribution in [3.05, 3.63) is 54.1 Å². The van der Waals surface area contributed by atoms with Crippen LogP contribution in [0.1, 0.15) is 17.3 Å². The Hall–Kier alpha value is -2.66. The van der Waals surface area contributed by atoms with Gasteiger partial charge in [-0.2, -0.15) is 0 Å². The van der Waals surface area contributed by atoms with Crippen LogP contribution < -0.4 is 16.0 Å². The molecule has 0 fully saturated rings. The summed E-state index contributed by atoms with van der Waals surface area (Å²) in [7, 11) is 0. The summed E-state index contributed by atoms with van der Waals surface area (Å²) < 4.78 is 5.17. The second kappa shape index (κ2) is 5.99. The predicted octanol–water partition coefficient (Wildman–Crippen LogP) is 1.88. The first-order valence-corrected chi connectivity index (χ1v) is 6.00. The van der Waals surface area contributed by atoms with E-state index in [9.17, 15) is 9.59 Å². The van der Waals surface area contributed by atoms with Crippen LogP contribution in [0.4, 0.5) is 0 Å². The fourth-order valence-corrected chi connectivity index (χ4v) is 1.84. The lowest BCUT2D eigenvalue weighted by Crippen LogP contribution is -2.29. The number of ether oxygens (including phenoxy) is 1. The van der Waals surface area contributed by atoms with Crippen molar-refractivity contribution >= 4 is 11.9 Å². The first-order valence-electron chi connectivity index (χ1n) is 6.00. The summed E-state index contributed by atoms with van der Waals surface area (Å²) in [5, 5.41) is 0. The van der Waals surface area contributed by atoms with Crippen LogP contribution in [0.3, 0.4) is 0 Å². The number of rotatable bonds is 3. The Labute approximate surface area is 116 Å². The molecule has 5 heteroatoms. The Kier molecular flexibility index (Phi) is 4.12. The van der Waals surface area contributed by atoms with Gasteiger partial charge in [-0.3, -0.25) is 15.0 Å². The number of nitrogens with two attached hydrogens (primary N) is 1. The lowest BCUT2D eigenvalue weighted by molar-refractivity contribution is -0.131. The van der Waals surface area contributed by atoms with Crippen LogP contribution in [0.2, 0.25) is 0 Å². The van der Waals surface area contributed by atoms with E-state index in [1.54, 1.807) is 18.2 Å². The van der Waals surface area contributed by atoms with Crippen LogP contribution in [0.5, 0.6) is 5.75 Å². The molecule has 0 radical (unpaired) electrons. The molecular weight excluding hydrogens is 256 g/mol. The molecule has 5 nitrogen and oxygen atoms in total. The van der Waals surface area contributed by atoms with Crippen molar-refractivity contribution < 1.29 is 14.3 Å². The van der Waals surface area contributed by atoms with Gasteiger partial charge in [0.05, 0.1) is 0 Å². The number of carbonyl (C=O) groups is 2. The second-order valence-corrected chi connectivity index (χ2v) is 4.14. The Morgan fingerprint density at radius 1 is 1.10 bits per heavy atom. The van der Waals surface area contributed by atoms with Gasteiger partial charge >= 0.3 is 5.97 Å². The van der Waals surface area contributed by atoms with Gasteiger partial charge < -0.3 is 4.74 Å². The first-order chi connectivity index (χ1) is 9.61. The van der Waals surface area contributed by atoms with E-state index in [0.717, 1.165) is 5.56 Å². The van der Waals surface area contributed by atoms with Crippen LogP contribution in [0.15, 0.2) is 48.5 Å². The van der Waals surface area contributed by atoms with Crippen LogP contribution >= 0.6 is 0 Å². The van der Waals surface area contributed by atoms with Crippen molar-refractivity contribution in [2.45, 2.75) is 6.92 Å². The molecule has 0 unspecified atom stereocenters. The van der Waals surface area contributed by atoms with Gasteiger partial charge in [-0.05, 0) is 23.8 Å². The maximum Gasteiger partial charge on any atom is 0.308 e. The van der Waals surface area contributed by atoms with E-state index in [0.29, 0.717) is 16.9 Å². The molecule has 2 aromatic carbocycles. The highest BCUT2D eigenvalue weighted by Gasteiger charge is 2.12. The molecule has 0 aromatic heterocycles. The maximum atomic E-state index is 11.6. The molecule has 0 aliphatic heterocycles. The average molecular weight is 270 g/mol. The highest BCUT2D eigenvalue weighted by Crippen LogP contribution is 2.31. The molecule has 1 amide bonds. The number of esters is 1. The zero-order valence-electron chi connectivity index (χ0n) is 10.9. The zero-order valence-corrected chi connectivity index (χ0v) is 10.9. The van der Waals surface area contributed by atoms with Gasteiger partial charge in [0.15, 0.2) is 0 Å².